The van der Waals surface area contributed by atoms with Crippen molar-refractivity contribution in [2.45, 2.75) is 11.8 Å². The number of nitrogens with zero attached hydrogens (tertiary/aromatic N) is 1. The van der Waals surface area contributed by atoms with Gasteiger partial charge < -0.3 is 14.1 Å². The third-order valence-corrected chi connectivity index (χ3v) is 2.42. The Labute approximate surface area is 103 Å². The molecule has 0 atom stereocenters. The van der Waals surface area contributed by atoms with Crippen LogP contribution in [-0.2, 0) is 10.1 Å². The van der Waals surface area contributed by atoms with E-state index in [2.05, 4.69) is 28.2 Å². The molecule has 0 saturated heterocycles. The molecule has 17 heavy (non-hydrogen) atoms. The van der Waals surface area contributed by atoms with E-state index in [0.717, 1.165) is 10.5 Å². The molecule has 0 fully saturated rings. The maximum Gasteiger partial charge on any atom is 0.124 e. The summed E-state index contributed by atoms with van der Waals surface area (Å²) >= 11 is 0. The molecule has 98 valence electrons. The molecule has 0 unspecified atom stereocenters. The van der Waals surface area contributed by atoms with Gasteiger partial charge in [-0.05, 0) is 24.6 Å². The third-order valence-electron chi connectivity index (χ3n) is 1.44. The van der Waals surface area contributed by atoms with Gasteiger partial charge in [-0.25, -0.2) is 8.42 Å². The number of quaternary nitrogens is 1. The van der Waals surface area contributed by atoms with Gasteiger partial charge in [0.15, 0.2) is 0 Å². The number of benzene rings is 1. The van der Waals surface area contributed by atoms with Crippen LogP contribution in [0.25, 0.3) is 0 Å². The van der Waals surface area contributed by atoms with Crippen LogP contribution in [0.1, 0.15) is 5.56 Å². The Morgan fingerprint density at radius 3 is 1.88 bits per heavy atom. The molecule has 0 aromatic heterocycles. The van der Waals surface area contributed by atoms with E-state index in [9.17, 15) is 13.0 Å². The molecule has 0 aliphatic carbocycles. The fraction of sp³-hybridized carbons (Fsp3) is 0.455. The first-order valence-electron chi connectivity index (χ1n) is 4.95. The summed E-state index contributed by atoms with van der Waals surface area (Å²) in [6.07, 6.45) is 0. The molecule has 1 aromatic carbocycles. The molecule has 1 rings (SSSR count). The van der Waals surface area contributed by atoms with Crippen molar-refractivity contribution in [1.29, 1.82) is 0 Å². The van der Waals surface area contributed by atoms with Crippen molar-refractivity contribution < 1.29 is 22.6 Å². The van der Waals surface area contributed by atoms with Crippen LogP contribution in [0.3, 0.4) is 0 Å². The van der Waals surface area contributed by atoms with Gasteiger partial charge in [0.2, 0.25) is 0 Å². The van der Waals surface area contributed by atoms with Crippen LogP contribution in [0, 0.1) is 6.92 Å². The maximum atomic E-state index is 10.5. The molecule has 0 amide bonds. The monoisotopic (exact) mass is 261 g/mol. The SMILES string of the molecule is C[N+](C)(C)C.Cc1ccc(O)cc1S(=O)(=O)[O-]. The summed E-state index contributed by atoms with van der Waals surface area (Å²) in [7, 11) is 4.03. The molecule has 0 spiro atoms. The average molecular weight is 261 g/mol. The van der Waals surface area contributed by atoms with Gasteiger partial charge in [-0.2, -0.15) is 0 Å². The predicted octanol–water partition coefficient (Wildman–Crippen LogP) is 0.927. The van der Waals surface area contributed by atoms with Gasteiger partial charge in [0.1, 0.15) is 15.9 Å². The average Bonchev–Trinajstić information content (AvgIpc) is 2.04. The van der Waals surface area contributed by atoms with Crippen LogP contribution in [0.15, 0.2) is 23.1 Å². The summed E-state index contributed by atoms with van der Waals surface area (Å²) in [5.41, 5.74) is 0.336. The van der Waals surface area contributed by atoms with E-state index in [4.69, 9.17) is 5.11 Å². The molecule has 0 bridgehead atoms. The Kier molecular flexibility index (Phi) is 5.12. The van der Waals surface area contributed by atoms with E-state index in [0.29, 0.717) is 5.56 Å². The van der Waals surface area contributed by atoms with Crippen molar-refractivity contribution in [1.82, 2.24) is 0 Å². The van der Waals surface area contributed by atoms with Crippen LogP contribution in [-0.4, -0.2) is 50.8 Å². The van der Waals surface area contributed by atoms with Crippen molar-refractivity contribution >= 4 is 10.1 Å². The highest BCUT2D eigenvalue weighted by Crippen LogP contribution is 2.19. The number of hydrogen-bond acceptors (Lipinski definition) is 4. The Hall–Kier alpha value is -1.11. The van der Waals surface area contributed by atoms with Crippen LogP contribution in [0.2, 0.25) is 0 Å². The topological polar surface area (TPSA) is 77.4 Å². The Morgan fingerprint density at radius 1 is 1.18 bits per heavy atom. The number of phenols is 1. The molecular formula is C11H19NO4S. The van der Waals surface area contributed by atoms with Gasteiger partial charge >= 0.3 is 0 Å². The molecule has 1 aromatic rings. The Bertz CT molecular complexity index is 469. The standard InChI is InChI=1S/C7H8O4S.C4H12N/c1-5-2-3-6(8)4-7(5)12(9,10)11;1-5(2,3)4/h2-4,8H,1H3,(H,9,10,11);1-4H3/q;+1/p-1. The quantitative estimate of drug-likeness (QED) is 0.602. The second-order valence-electron chi connectivity index (χ2n) is 5.09. The van der Waals surface area contributed by atoms with Crippen molar-refractivity contribution in [3.05, 3.63) is 23.8 Å². The zero-order valence-electron chi connectivity index (χ0n) is 10.8. The molecule has 0 radical (unpaired) electrons. The predicted molar refractivity (Wildman–Crippen MR) is 64.8 cm³/mol. The van der Waals surface area contributed by atoms with Gasteiger partial charge in [-0.15, -0.1) is 0 Å². The highest BCUT2D eigenvalue weighted by atomic mass is 32.2. The lowest BCUT2D eigenvalue weighted by Gasteiger charge is -2.14. The van der Waals surface area contributed by atoms with E-state index in [1.165, 1.54) is 19.1 Å². The summed E-state index contributed by atoms with van der Waals surface area (Å²) < 4.78 is 32.6. The zero-order valence-corrected chi connectivity index (χ0v) is 11.6. The van der Waals surface area contributed by atoms with Crippen LogP contribution >= 0.6 is 0 Å². The van der Waals surface area contributed by atoms with Gasteiger partial charge in [-0.3, -0.25) is 0 Å². The van der Waals surface area contributed by atoms with Crippen molar-refractivity contribution in [2.24, 2.45) is 0 Å². The molecular weight excluding hydrogens is 242 g/mol. The second kappa shape index (κ2) is 5.48. The van der Waals surface area contributed by atoms with Gasteiger partial charge in [0.05, 0.1) is 33.1 Å². The first-order valence-corrected chi connectivity index (χ1v) is 6.36. The van der Waals surface area contributed by atoms with E-state index in [-0.39, 0.29) is 10.6 Å². The first-order chi connectivity index (χ1) is 7.41. The van der Waals surface area contributed by atoms with Gasteiger partial charge in [-0.1, -0.05) is 6.07 Å². The number of phenolic OH excluding ortho intramolecular Hbond substituents is 1. The maximum absolute atomic E-state index is 10.5. The normalized spacial score (nSPS) is 11.6. The number of hydrogen-bond donors (Lipinski definition) is 1. The van der Waals surface area contributed by atoms with Crippen molar-refractivity contribution in [3.63, 3.8) is 0 Å². The van der Waals surface area contributed by atoms with Crippen LogP contribution in [0.4, 0.5) is 0 Å². The minimum Gasteiger partial charge on any atom is -0.744 e. The van der Waals surface area contributed by atoms with Crippen LogP contribution < -0.4 is 0 Å². The fourth-order valence-electron chi connectivity index (χ4n) is 0.858. The van der Waals surface area contributed by atoms with Crippen LogP contribution in [0.5, 0.6) is 5.75 Å². The minimum absolute atomic E-state index is 0.227. The summed E-state index contributed by atoms with van der Waals surface area (Å²) in [5, 5.41) is 8.90. The Balaban J connectivity index is 0.000000437. The Morgan fingerprint density at radius 2 is 1.59 bits per heavy atom. The first kappa shape index (κ1) is 15.9. The lowest BCUT2D eigenvalue weighted by molar-refractivity contribution is -0.849. The number of aromatic hydroxyl groups is 1. The molecule has 0 aliphatic rings. The molecule has 6 heteroatoms. The van der Waals surface area contributed by atoms with Gasteiger partial charge in [0.25, 0.3) is 0 Å². The highest BCUT2D eigenvalue weighted by molar-refractivity contribution is 7.85. The van der Waals surface area contributed by atoms with E-state index < -0.39 is 10.1 Å². The smallest absolute Gasteiger partial charge is 0.124 e. The van der Waals surface area contributed by atoms with Gasteiger partial charge in [0, 0.05) is 0 Å². The van der Waals surface area contributed by atoms with Crippen molar-refractivity contribution in [2.75, 3.05) is 28.2 Å². The molecule has 5 nitrogen and oxygen atoms in total. The summed E-state index contributed by atoms with van der Waals surface area (Å²) in [6.45, 7) is 1.49. The summed E-state index contributed by atoms with van der Waals surface area (Å²) in [4.78, 5) is -0.373. The van der Waals surface area contributed by atoms with E-state index >= 15 is 0 Å². The largest absolute Gasteiger partial charge is 0.744 e. The fourth-order valence-corrected chi connectivity index (χ4v) is 1.59. The van der Waals surface area contributed by atoms with E-state index in [1.807, 2.05) is 0 Å². The lowest BCUT2D eigenvalue weighted by atomic mass is 10.2. The summed E-state index contributed by atoms with van der Waals surface area (Å²) in [6, 6.07) is 3.64. The highest BCUT2D eigenvalue weighted by Gasteiger charge is 2.05. The molecule has 1 N–H and O–H groups in total. The van der Waals surface area contributed by atoms with E-state index in [1.54, 1.807) is 0 Å². The number of aryl methyl sites for hydroxylation is 1. The molecule has 0 saturated carbocycles. The summed E-state index contributed by atoms with van der Waals surface area (Å²) in [5.74, 6) is -0.227. The lowest BCUT2D eigenvalue weighted by Crippen LogP contribution is -2.27. The minimum atomic E-state index is -4.47. The zero-order chi connectivity index (χ0) is 13.9. The van der Waals surface area contributed by atoms with Crippen molar-refractivity contribution in [3.8, 4) is 5.75 Å². The third kappa shape index (κ3) is 7.73. The second-order valence-corrected chi connectivity index (χ2v) is 6.44. The number of rotatable bonds is 1. The molecule has 0 aliphatic heterocycles. The molecule has 0 heterocycles.